The van der Waals surface area contributed by atoms with Crippen molar-refractivity contribution in [3.05, 3.63) is 0 Å². The van der Waals surface area contributed by atoms with Crippen molar-refractivity contribution < 1.29 is 9.47 Å². The van der Waals surface area contributed by atoms with Crippen LogP contribution in [0.25, 0.3) is 0 Å². The second kappa shape index (κ2) is 12.0. The van der Waals surface area contributed by atoms with E-state index in [-0.39, 0.29) is 0 Å². The van der Waals surface area contributed by atoms with Crippen molar-refractivity contribution in [2.75, 3.05) is 32.9 Å². The molecular formula is C12H27NO2. The van der Waals surface area contributed by atoms with Gasteiger partial charge in [-0.25, -0.2) is 0 Å². The van der Waals surface area contributed by atoms with Gasteiger partial charge in [0.25, 0.3) is 0 Å². The van der Waals surface area contributed by atoms with E-state index >= 15 is 0 Å². The topological polar surface area (TPSA) is 30.5 Å². The van der Waals surface area contributed by atoms with Crippen LogP contribution in [0.2, 0.25) is 0 Å². The third-order valence-corrected chi connectivity index (χ3v) is 2.19. The minimum absolute atomic E-state index is 0.349. The number of nitrogens with one attached hydrogen (secondary N) is 1. The lowest BCUT2D eigenvalue weighted by Gasteiger charge is -2.17. The minimum atomic E-state index is 0.349. The predicted molar refractivity (Wildman–Crippen MR) is 64.3 cm³/mol. The van der Waals surface area contributed by atoms with Crippen LogP contribution in [0.5, 0.6) is 0 Å². The van der Waals surface area contributed by atoms with Gasteiger partial charge in [-0.1, -0.05) is 20.3 Å². The van der Waals surface area contributed by atoms with Gasteiger partial charge in [-0.2, -0.15) is 0 Å². The molecule has 3 heteroatoms. The lowest BCUT2D eigenvalue weighted by Crippen LogP contribution is -2.30. The van der Waals surface area contributed by atoms with Gasteiger partial charge in [0, 0.05) is 13.2 Å². The van der Waals surface area contributed by atoms with Crippen LogP contribution < -0.4 is 5.32 Å². The number of hydrogen-bond donors (Lipinski definition) is 1. The van der Waals surface area contributed by atoms with Crippen LogP contribution >= 0.6 is 0 Å². The summed E-state index contributed by atoms with van der Waals surface area (Å²) >= 11 is 0. The Morgan fingerprint density at radius 3 is 2.47 bits per heavy atom. The van der Waals surface area contributed by atoms with Crippen molar-refractivity contribution in [2.45, 2.75) is 46.1 Å². The predicted octanol–water partition coefficient (Wildman–Crippen LogP) is 2.21. The highest BCUT2D eigenvalue weighted by molar-refractivity contribution is 4.61. The summed E-state index contributed by atoms with van der Waals surface area (Å²) in [6, 6.07) is 0. The van der Waals surface area contributed by atoms with Gasteiger partial charge in [0.15, 0.2) is 0 Å². The van der Waals surface area contributed by atoms with Crippen LogP contribution in [0.4, 0.5) is 0 Å². The Balaban J connectivity index is 3.44. The van der Waals surface area contributed by atoms with Crippen LogP contribution in [0.3, 0.4) is 0 Å². The van der Waals surface area contributed by atoms with E-state index in [0.717, 1.165) is 26.1 Å². The first-order valence-electron chi connectivity index (χ1n) is 6.25. The smallest absolute Gasteiger partial charge is 0.0704 e. The van der Waals surface area contributed by atoms with Gasteiger partial charge in [0.2, 0.25) is 0 Å². The highest BCUT2D eigenvalue weighted by Crippen LogP contribution is 2.01. The molecule has 0 aliphatic carbocycles. The Labute approximate surface area is 94.5 Å². The molecule has 0 heterocycles. The Morgan fingerprint density at radius 1 is 1.07 bits per heavy atom. The Kier molecular flexibility index (Phi) is 11.9. The zero-order chi connectivity index (χ0) is 11.4. The second-order valence-electron chi connectivity index (χ2n) is 3.68. The van der Waals surface area contributed by atoms with Gasteiger partial charge >= 0.3 is 0 Å². The first kappa shape index (κ1) is 14.9. The second-order valence-corrected chi connectivity index (χ2v) is 3.68. The molecule has 0 aliphatic heterocycles. The zero-order valence-corrected chi connectivity index (χ0v) is 10.6. The largest absolute Gasteiger partial charge is 0.379 e. The Bertz CT molecular complexity index is 120. The summed E-state index contributed by atoms with van der Waals surface area (Å²) in [5.41, 5.74) is 0. The van der Waals surface area contributed by atoms with E-state index in [1.807, 2.05) is 6.92 Å². The van der Waals surface area contributed by atoms with Crippen LogP contribution in [0.15, 0.2) is 0 Å². The molecule has 0 spiro atoms. The summed E-state index contributed by atoms with van der Waals surface area (Å²) in [4.78, 5) is 0. The van der Waals surface area contributed by atoms with Gasteiger partial charge in [-0.15, -0.1) is 0 Å². The quantitative estimate of drug-likeness (QED) is 0.538. The van der Waals surface area contributed by atoms with Crippen LogP contribution in [0, 0.1) is 0 Å². The summed E-state index contributed by atoms with van der Waals surface area (Å²) in [5, 5.41) is 3.40. The zero-order valence-electron chi connectivity index (χ0n) is 10.6. The summed E-state index contributed by atoms with van der Waals surface area (Å²) in [5.74, 6) is 0. The van der Waals surface area contributed by atoms with Gasteiger partial charge in [0.05, 0.1) is 19.3 Å². The Morgan fingerprint density at radius 2 is 1.87 bits per heavy atom. The summed E-state index contributed by atoms with van der Waals surface area (Å²) in [7, 11) is 0. The molecule has 15 heavy (non-hydrogen) atoms. The third-order valence-electron chi connectivity index (χ3n) is 2.19. The van der Waals surface area contributed by atoms with E-state index in [9.17, 15) is 0 Å². The van der Waals surface area contributed by atoms with E-state index < -0.39 is 0 Å². The van der Waals surface area contributed by atoms with Gasteiger partial charge in [-0.3, -0.25) is 0 Å². The molecule has 0 saturated heterocycles. The molecule has 0 amide bonds. The van der Waals surface area contributed by atoms with E-state index in [1.54, 1.807) is 0 Å². The Hall–Kier alpha value is -0.120. The van der Waals surface area contributed by atoms with Crippen molar-refractivity contribution >= 4 is 0 Å². The van der Waals surface area contributed by atoms with Gasteiger partial charge in [-0.05, 0) is 26.3 Å². The maximum absolute atomic E-state index is 5.74. The lowest BCUT2D eigenvalue weighted by atomic mass is 10.2. The van der Waals surface area contributed by atoms with Crippen molar-refractivity contribution in [1.29, 1.82) is 0 Å². The molecule has 0 aromatic rings. The molecule has 0 rings (SSSR count). The normalized spacial score (nSPS) is 13.0. The SMILES string of the molecule is CCCNCC(CCC)OCCOCC. The monoisotopic (exact) mass is 217 g/mol. The summed E-state index contributed by atoms with van der Waals surface area (Å²) < 4.78 is 11.0. The van der Waals surface area contributed by atoms with E-state index in [4.69, 9.17) is 9.47 Å². The highest BCUT2D eigenvalue weighted by atomic mass is 16.5. The molecule has 1 atom stereocenters. The molecule has 0 radical (unpaired) electrons. The maximum Gasteiger partial charge on any atom is 0.0704 e. The number of rotatable bonds is 11. The van der Waals surface area contributed by atoms with Crippen molar-refractivity contribution in [2.24, 2.45) is 0 Å². The first-order chi connectivity index (χ1) is 7.35. The fraction of sp³-hybridized carbons (Fsp3) is 1.00. The molecule has 0 fully saturated rings. The fourth-order valence-electron chi connectivity index (χ4n) is 1.42. The molecule has 92 valence electrons. The number of ether oxygens (including phenoxy) is 2. The standard InChI is InChI=1S/C12H27NO2/c1-4-7-12(11-13-8-5-2)15-10-9-14-6-3/h12-13H,4-11H2,1-3H3. The average molecular weight is 217 g/mol. The summed E-state index contributed by atoms with van der Waals surface area (Å²) in [6.07, 6.45) is 3.83. The third kappa shape index (κ3) is 10.2. The highest BCUT2D eigenvalue weighted by Gasteiger charge is 2.06. The van der Waals surface area contributed by atoms with E-state index in [1.165, 1.54) is 12.8 Å². The minimum Gasteiger partial charge on any atom is -0.379 e. The summed E-state index contributed by atoms with van der Waals surface area (Å²) in [6.45, 7) is 10.6. The lowest BCUT2D eigenvalue weighted by molar-refractivity contribution is 0.00431. The van der Waals surface area contributed by atoms with Crippen molar-refractivity contribution in [3.63, 3.8) is 0 Å². The van der Waals surface area contributed by atoms with E-state index in [0.29, 0.717) is 19.3 Å². The molecule has 1 N–H and O–H groups in total. The molecule has 0 bridgehead atoms. The average Bonchev–Trinajstić information content (AvgIpc) is 2.24. The molecule has 3 nitrogen and oxygen atoms in total. The fourth-order valence-corrected chi connectivity index (χ4v) is 1.42. The molecule has 0 aromatic heterocycles. The maximum atomic E-state index is 5.74. The van der Waals surface area contributed by atoms with Gasteiger partial charge < -0.3 is 14.8 Å². The van der Waals surface area contributed by atoms with Crippen LogP contribution in [-0.2, 0) is 9.47 Å². The molecule has 1 unspecified atom stereocenters. The first-order valence-corrected chi connectivity index (χ1v) is 6.25. The van der Waals surface area contributed by atoms with Crippen LogP contribution in [0.1, 0.15) is 40.0 Å². The number of hydrogen-bond acceptors (Lipinski definition) is 3. The molecule has 0 aromatic carbocycles. The van der Waals surface area contributed by atoms with E-state index in [2.05, 4.69) is 19.2 Å². The molecule has 0 aliphatic rings. The van der Waals surface area contributed by atoms with Gasteiger partial charge in [0.1, 0.15) is 0 Å². The molecule has 0 saturated carbocycles. The van der Waals surface area contributed by atoms with Crippen LogP contribution in [-0.4, -0.2) is 39.0 Å². The van der Waals surface area contributed by atoms with Crippen molar-refractivity contribution in [1.82, 2.24) is 5.32 Å². The van der Waals surface area contributed by atoms with Crippen molar-refractivity contribution in [3.8, 4) is 0 Å². The molecular weight excluding hydrogens is 190 g/mol.